The molecule has 0 aliphatic rings. The van der Waals surface area contributed by atoms with E-state index in [2.05, 4.69) is 30.3 Å². The largest absolute Gasteiger partial charge is 0.328 e. The molecule has 2 rings (SSSR count). The first-order valence-electron chi connectivity index (χ1n) is 5.83. The van der Waals surface area contributed by atoms with E-state index in [4.69, 9.17) is 5.73 Å². The van der Waals surface area contributed by atoms with Gasteiger partial charge >= 0.3 is 0 Å². The van der Waals surface area contributed by atoms with Gasteiger partial charge in [-0.15, -0.1) is 0 Å². The van der Waals surface area contributed by atoms with Crippen LogP contribution in [0.5, 0.6) is 0 Å². The molecular formula is C14H19N3. The van der Waals surface area contributed by atoms with Crippen LogP contribution in [0.1, 0.15) is 38.1 Å². The second-order valence-electron chi connectivity index (χ2n) is 5.25. The second kappa shape index (κ2) is 4.34. The SMILES string of the molecule is CC(C)(C)n1cncc1C(N)c1ccccc1. The minimum absolute atomic E-state index is 0.00175. The molecule has 1 unspecified atom stereocenters. The van der Waals surface area contributed by atoms with Crippen LogP contribution in [0, 0.1) is 0 Å². The molecule has 17 heavy (non-hydrogen) atoms. The van der Waals surface area contributed by atoms with E-state index < -0.39 is 0 Å². The van der Waals surface area contributed by atoms with E-state index in [1.165, 1.54) is 0 Å². The Morgan fingerprint density at radius 3 is 2.41 bits per heavy atom. The molecule has 1 aromatic carbocycles. The molecule has 0 radical (unpaired) electrons. The maximum atomic E-state index is 6.30. The highest BCUT2D eigenvalue weighted by atomic mass is 15.1. The van der Waals surface area contributed by atoms with Gasteiger partial charge in [-0.05, 0) is 26.3 Å². The number of imidazole rings is 1. The Hall–Kier alpha value is -1.61. The van der Waals surface area contributed by atoms with Crippen LogP contribution in [0.25, 0.3) is 0 Å². The third-order valence-corrected chi connectivity index (χ3v) is 2.87. The van der Waals surface area contributed by atoms with E-state index in [0.29, 0.717) is 0 Å². The van der Waals surface area contributed by atoms with Crippen LogP contribution in [-0.2, 0) is 5.54 Å². The Kier molecular flexibility index (Phi) is 3.03. The lowest BCUT2D eigenvalue weighted by molar-refractivity contribution is 0.380. The molecule has 0 bridgehead atoms. The average molecular weight is 229 g/mol. The summed E-state index contributed by atoms with van der Waals surface area (Å²) in [6.07, 6.45) is 3.70. The Bertz CT molecular complexity index is 480. The summed E-state index contributed by atoms with van der Waals surface area (Å²) in [6.45, 7) is 6.45. The molecule has 0 aliphatic heterocycles. The number of hydrogen-bond donors (Lipinski definition) is 1. The minimum atomic E-state index is -0.127. The first-order chi connectivity index (χ1) is 8.00. The van der Waals surface area contributed by atoms with Gasteiger partial charge in [0.1, 0.15) is 0 Å². The van der Waals surface area contributed by atoms with Crippen molar-refractivity contribution in [3.05, 3.63) is 54.1 Å². The summed E-state index contributed by atoms with van der Waals surface area (Å²) in [6, 6.07) is 9.98. The lowest BCUT2D eigenvalue weighted by Crippen LogP contribution is -2.27. The zero-order valence-electron chi connectivity index (χ0n) is 10.6. The molecule has 0 aliphatic carbocycles. The topological polar surface area (TPSA) is 43.8 Å². The first kappa shape index (κ1) is 11.9. The first-order valence-corrected chi connectivity index (χ1v) is 5.83. The number of aromatic nitrogens is 2. The summed E-state index contributed by atoms with van der Waals surface area (Å²) in [5.41, 5.74) is 8.45. The molecule has 0 saturated heterocycles. The highest BCUT2D eigenvalue weighted by Crippen LogP contribution is 2.24. The monoisotopic (exact) mass is 229 g/mol. The van der Waals surface area contributed by atoms with Gasteiger partial charge in [0, 0.05) is 5.54 Å². The normalized spacial score (nSPS) is 13.6. The molecule has 1 atom stereocenters. The fourth-order valence-corrected chi connectivity index (χ4v) is 1.93. The molecule has 1 aromatic heterocycles. The van der Waals surface area contributed by atoms with Gasteiger partial charge in [-0.1, -0.05) is 30.3 Å². The van der Waals surface area contributed by atoms with Crippen LogP contribution >= 0.6 is 0 Å². The van der Waals surface area contributed by atoms with Gasteiger partial charge in [0.25, 0.3) is 0 Å². The van der Waals surface area contributed by atoms with Crippen LogP contribution < -0.4 is 5.73 Å². The molecule has 2 aromatic rings. The van der Waals surface area contributed by atoms with Gasteiger partial charge in [0.05, 0.1) is 24.3 Å². The van der Waals surface area contributed by atoms with Gasteiger partial charge in [0.15, 0.2) is 0 Å². The zero-order valence-corrected chi connectivity index (χ0v) is 10.6. The fraction of sp³-hybridized carbons (Fsp3) is 0.357. The third-order valence-electron chi connectivity index (χ3n) is 2.87. The van der Waals surface area contributed by atoms with Gasteiger partial charge in [-0.2, -0.15) is 0 Å². The molecule has 1 heterocycles. The van der Waals surface area contributed by atoms with E-state index >= 15 is 0 Å². The Labute approximate surface area is 102 Å². The average Bonchev–Trinajstić information content (AvgIpc) is 2.78. The predicted molar refractivity (Wildman–Crippen MR) is 69.7 cm³/mol. The molecule has 0 fully saturated rings. The summed E-state index contributed by atoms with van der Waals surface area (Å²) in [4.78, 5) is 4.22. The molecule has 2 N–H and O–H groups in total. The quantitative estimate of drug-likeness (QED) is 0.860. The van der Waals surface area contributed by atoms with E-state index in [1.807, 2.05) is 42.9 Å². The van der Waals surface area contributed by atoms with Crippen molar-refractivity contribution in [3.8, 4) is 0 Å². The Balaban J connectivity index is 2.39. The van der Waals surface area contributed by atoms with Crippen LogP contribution in [0.3, 0.4) is 0 Å². The maximum absolute atomic E-state index is 6.30. The second-order valence-corrected chi connectivity index (χ2v) is 5.25. The van der Waals surface area contributed by atoms with E-state index in [9.17, 15) is 0 Å². The molecule has 0 amide bonds. The highest BCUT2D eigenvalue weighted by Gasteiger charge is 2.20. The van der Waals surface area contributed by atoms with Gasteiger partial charge < -0.3 is 10.3 Å². The zero-order chi connectivity index (χ0) is 12.5. The van der Waals surface area contributed by atoms with E-state index in [0.717, 1.165) is 11.3 Å². The van der Waals surface area contributed by atoms with Crippen LogP contribution in [-0.4, -0.2) is 9.55 Å². The predicted octanol–water partition coefficient (Wildman–Crippen LogP) is 2.69. The smallest absolute Gasteiger partial charge is 0.0953 e. The third kappa shape index (κ3) is 2.39. The van der Waals surface area contributed by atoms with Gasteiger partial charge in [0.2, 0.25) is 0 Å². The van der Waals surface area contributed by atoms with Crippen molar-refractivity contribution in [3.63, 3.8) is 0 Å². The molecule has 90 valence electrons. The fourth-order valence-electron chi connectivity index (χ4n) is 1.93. The Morgan fingerprint density at radius 1 is 1.18 bits per heavy atom. The van der Waals surface area contributed by atoms with Crippen molar-refractivity contribution in [2.24, 2.45) is 5.73 Å². The van der Waals surface area contributed by atoms with Crippen molar-refractivity contribution in [1.82, 2.24) is 9.55 Å². The molecular weight excluding hydrogens is 210 g/mol. The highest BCUT2D eigenvalue weighted by molar-refractivity contribution is 5.26. The minimum Gasteiger partial charge on any atom is -0.328 e. The number of hydrogen-bond acceptors (Lipinski definition) is 2. The van der Waals surface area contributed by atoms with Crippen molar-refractivity contribution < 1.29 is 0 Å². The van der Waals surface area contributed by atoms with Crippen LogP contribution in [0.15, 0.2) is 42.9 Å². The van der Waals surface area contributed by atoms with Crippen molar-refractivity contribution >= 4 is 0 Å². The molecule has 0 spiro atoms. The lowest BCUT2D eigenvalue weighted by Gasteiger charge is -2.26. The standard InChI is InChI=1S/C14H19N3/c1-14(2,3)17-10-16-9-12(17)13(15)11-7-5-4-6-8-11/h4-10,13H,15H2,1-3H3. The lowest BCUT2D eigenvalue weighted by atomic mass is 10.0. The number of nitrogens with zero attached hydrogens (tertiary/aromatic N) is 2. The van der Waals surface area contributed by atoms with E-state index in [-0.39, 0.29) is 11.6 Å². The number of rotatable bonds is 2. The van der Waals surface area contributed by atoms with Gasteiger partial charge in [-0.3, -0.25) is 0 Å². The summed E-state index contributed by atoms with van der Waals surface area (Å²) < 4.78 is 2.13. The summed E-state index contributed by atoms with van der Waals surface area (Å²) in [7, 11) is 0. The Morgan fingerprint density at radius 2 is 1.82 bits per heavy atom. The van der Waals surface area contributed by atoms with Crippen molar-refractivity contribution in [2.45, 2.75) is 32.4 Å². The van der Waals surface area contributed by atoms with Gasteiger partial charge in [-0.25, -0.2) is 4.98 Å². The number of nitrogens with two attached hydrogens (primary N) is 1. The molecule has 0 saturated carbocycles. The van der Waals surface area contributed by atoms with Crippen LogP contribution in [0.4, 0.5) is 0 Å². The van der Waals surface area contributed by atoms with Crippen molar-refractivity contribution in [2.75, 3.05) is 0 Å². The summed E-state index contributed by atoms with van der Waals surface area (Å²) >= 11 is 0. The molecule has 3 heteroatoms. The van der Waals surface area contributed by atoms with Crippen molar-refractivity contribution in [1.29, 1.82) is 0 Å². The molecule has 3 nitrogen and oxygen atoms in total. The summed E-state index contributed by atoms with van der Waals surface area (Å²) in [5, 5.41) is 0. The van der Waals surface area contributed by atoms with E-state index in [1.54, 1.807) is 0 Å². The van der Waals surface area contributed by atoms with Crippen LogP contribution in [0.2, 0.25) is 0 Å². The number of benzene rings is 1. The maximum Gasteiger partial charge on any atom is 0.0953 e. The summed E-state index contributed by atoms with van der Waals surface area (Å²) in [5.74, 6) is 0.